The second-order valence-electron chi connectivity index (χ2n) is 5.99. The van der Waals surface area contributed by atoms with Crippen LogP contribution in [0.3, 0.4) is 0 Å². The quantitative estimate of drug-likeness (QED) is 0.634. The Kier molecular flexibility index (Phi) is 5.16. The summed E-state index contributed by atoms with van der Waals surface area (Å²) in [7, 11) is 0. The van der Waals surface area contributed by atoms with Crippen molar-refractivity contribution in [3.63, 3.8) is 0 Å². The number of rotatable bonds is 6. The Balaban J connectivity index is 1.53. The molecule has 7 nitrogen and oxygen atoms in total. The number of ether oxygens (including phenoxy) is 2. The minimum atomic E-state index is -0.280. The van der Waals surface area contributed by atoms with Crippen molar-refractivity contribution in [2.45, 2.75) is 24.4 Å². The standard InChI is InChI=1S/C19H17FN4O3S/c1-2-24-18(25)17(21-14-7-8-15-16(9-14)27-11-26-15)22-23-19(24)28-10-12-3-5-13(20)6-4-12/h3-9H,2,10-11H2,1H3,(H,21,22). The largest absolute Gasteiger partial charge is 0.454 e. The van der Waals surface area contributed by atoms with Crippen molar-refractivity contribution in [3.8, 4) is 11.5 Å². The first-order chi connectivity index (χ1) is 13.6. The van der Waals surface area contributed by atoms with Gasteiger partial charge in [-0.1, -0.05) is 23.9 Å². The van der Waals surface area contributed by atoms with Gasteiger partial charge in [-0.3, -0.25) is 9.36 Å². The topological polar surface area (TPSA) is 78.3 Å². The van der Waals surface area contributed by atoms with E-state index in [1.807, 2.05) is 6.92 Å². The summed E-state index contributed by atoms with van der Waals surface area (Å²) in [5, 5.41) is 11.7. The third-order valence-electron chi connectivity index (χ3n) is 4.15. The van der Waals surface area contributed by atoms with Crippen LogP contribution in [0.5, 0.6) is 11.5 Å². The maximum absolute atomic E-state index is 13.0. The number of hydrogen-bond donors (Lipinski definition) is 1. The Morgan fingerprint density at radius 3 is 2.71 bits per heavy atom. The first kappa shape index (κ1) is 18.3. The molecule has 0 atom stereocenters. The second-order valence-corrected chi connectivity index (χ2v) is 6.93. The molecule has 0 radical (unpaired) electrons. The SMILES string of the molecule is CCn1c(SCc2ccc(F)cc2)nnc(Nc2ccc3c(c2)OCO3)c1=O. The van der Waals surface area contributed by atoms with Crippen LogP contribution in [0.2, 0.25) is 0 Å². The summed E-state index contributed by atoms with van der Waals surface area (Å²) in [6, 6.07) is 11.5. The molecular weight excluding hydrogens is 383 g/mol. The normalized spacial score (nSPS) is 12.2. The smallest absolute Gasteiger partial charge is 0.297 e. The fourth-order valence-electron chi connectivity index (χ4n) is 2.71. The van der Waals surface area contributed by atoms with E-state index in [9.17, 15) is 9.18 Å². The molecule has 0 fully saturated rings. The monoisotopic (exact) mass is 400 g/mol. The molecule has 0 saturated heterocycles. The van der Waals surface area contributed by atoms with Crippen LogP contribution in [0, 0.1) is 5.82 Å². The first-order valence-electron chi connectivity index (χ1n) is 8.65. The highest BCUT2D eigenvalue weighted by Crippen LogP contribution is 2.34. The van der Waals surface area contributed by atoms with E-state index in [2.05, 4.69) is 15.5 Å². The van der Waals surface area contributed by atoms with Gasteiger partial charge in [0.1, 0.15) is 5.82 Å². The molecule has 3 aromatic rings. The van der Waals surface area contributed by atoms with Crippen LogP contribution >= 0.6 is 11.8 Å². The maximum Gasteiger partial charge on any atom is 0.297 e. The number of nitrogens with one attached hydrogen (secondary N) is 1. The number of nitrogens with zero attached hydrogens (tertiary/aromatic N) is 3. The van der Waals surface area contributed by atoms with Crippen molar-refractivity contribution in [1.29, 1.82) is 0 Å². The summed E-state index contributed by atoms with van der Waals surface area (Å²) in [5.41, 5.74) is 1.33. The lowest BCUT2D eigenvalue weighted by atomic mass is 10.2. The predicted octanol–water partition coefficient (Wildman–Crippen LogP) is 3.56. The molecule has 144 valence electrons. The van der Waals surface area contributed by atoms with Gasteiger partial charge in [-0.25, -0.2) is 4.39 Å². The number of fused-ring (bicyclic) bond motifs is 1. The fourth-order valence-corrected chi connectivity index (χ4v) is 3.66. The van der Waals surface area contributed by atoms with E-state index < -0.39 is 0 Å². The molecular formula is C19H17FN4O3S. The Labute approximate surface area is 164 Å². The first-order valence-corrected chi connectivity index (χ1v) is 9.64. The van der Waals surface area contributed by atoms with Crippen LogP contribution < -0.4 is 20.3 Å². The zero-order chi connectivity index (χ0) is 19.5. The molecule has 28 heavy (non-hydrogen) atoms. The van der Waals surface area contributed by atoms with E-state index in [-0.39, 0.29) is 24.0 Å². The van der Waals surface area contributed by atoms with Gasteiger partial charge < -0.3 is 14.8 Å². The number of halogens is 1. The maximum atomic E-state index is 13.0. The zero-order valence-electron chi connectivity index (χ0n) is 15.0. The summed E-state index contributed by atoms with van der Waals surface area (Å²) in [6.07, 6.45) is 0. The van der Waals surface area contributed by atoms with Gasteiger partial charge in [0.25, 0.3) is 5.56 Å². The van der Waals surface area contributed by atoms with Gasteiger partial charge in [-0.15, -0.1) is 10.2 Å². The van der Waals surface area contributed by atoms with Crippen molar-refractivity contribution in [3.05, 3.63) is 64.2 Å². The van der Waals surface area contributed by atoms with Gasteiger partial charge in [-0.05, 0) is 36.8 Å². The van der Waals surface area contributed by atoms with Crippen LogP contribution in [-0.4, -0.2) is 21.6 Å². The molecule has 0 unspecified atom stereocenters. The fraction of sp³-hybridized carbons (Fsp3) is 0.211. The third-order valence-corrected chi connectivity index (χ3v) is 5.18. The number of aromatic nitrogens is 3. The number of thioether (sulfide) groups is 1. The summed E-state index contributed by atoms with van der Waals surface area (Å²) >= 11 is 1.38. The number of benzene rings is 2. The lowest BCUT2D eigenvalue weighted by Gasteiger charge is -2.11. The van der Waals surface area contributed by atoms with Crippen molar-refractivity contribution in [2.24, 2.45) is 0 Å². The lowest BCUT2D eigenvalue weighted by Crippen LogP contribution is -2.26. The molecule has 1 aromatic heterocycles. The molecule has 1 aliphatic heterocycles. The van der Waals surface area contributed by atoms with Crippen LogP contribution in [0.15, 0.2) is 52.4 Å². The van der Waals surface area contributed by atoms with Crippen molar-refractivity contribution < 1.29 is 13.9 Å². The minimum absolute atomic E-state index is 0.131. The van der Waals surface area contributed by atoms with Crippen LogP contribution in [-0.2, 0) is 12.3 Å². The number of anilines is 2. The molecule has 0 saturated carbocycles. The van der Waals surface area contributed by atoms with Gasteiger partial charge in [0.2, 0.25) is 12.6 Å². The van der Waals surface area contributed by atoms with E-state index in [0.717, 1.165) is 5.56 Å². The summed E-state index contributed by atoms with van der Waals surface area (Å²) < 4.78 is 25.2. The van der Waals surface area contributed by atoms with Gasteiger partial charge in [0.15, 0.2) is 16.7 Å². The van der Waals surface area contributed by atoms with Crippen molar-refractivity contribution in [2.75, 3.05) is 12.1 Å². The average Bonchev–Trinajstić information content (AvgIpc) is 3.17. The van der Waals surface area contributed by atoms with Gasteiger partial charge in [-0.2, -0.15) is 0 Å². The Bertz CT molecular complexity index is 1060. The number of hydrogen-bond acceptors (Lipinski definition) is 7. The molecule has 0 bridgehead atoms. The van der Waals surface area contributed by atoms with E-state index in [0.29, 0.717) is 34.6 Å². The van der Waals surface area contributed by atoms with E-state index in [1.165, 1.54) is 23.9 Å². The summed E-state index contributed by atoms with van der Waals surface area (Å²) in [5.74, 6) is 1.68. The molecule has 9 heteroatoms. The molecule has 0 aliphatic carbocycles. The molecule has 1 N–H and O–H groups in total. The highest BCUT2D eigenvalue weighted by atomic mass is 32.2. The van der Waals surface area contributed by atoms with E-state index in [4.69, 9.17) is 9.47 Å². The van der Waals surface area contributed by atoms with Crippen molar-refractivity contribution in [1.82, 2.24) is 14.8 Å². The van der Waals surface area contributed by atoms with E-state index in [1.54, 1.807) is 34.9 Å². The van der Waals surface area contributed by atoms with Crippen LogP contribution in [0.25, 0.3) is 0 Å². The molecule has 2 aromatic carbocycles. The van der Waals surface area contributed by atoms with Crippen LogP contribution in [0.1, 0.15) is 12.5 Å². The van der Waals surface area contributed by atoms with Gasteiger partial charge in [0, 0.05) is 24.1 Å². The lowest BCUT2D eigenvalue weighted by molar-refractivity contribution is 0.174. The van der Waals surface area contributed by atoms with Crippen molar-refractivity contribution >= 4 is 23.3 Å². The summed E-state index contributed by atoms with van der Waals surface area (Å²) in [6.45, 7) is 2.51. The molecule has 1 aliphatic rings. The third kappa shape index (κ3) is 3.79. The molecule has 4 rings (SSSR count). The predicted molar refractivity (Wildman–Crippen MR) is 104 cm³/mol. The van der Waals surface area contributed by atoms with Gasteiger partial charge >= 0.3 is 0 Å². The molecule has 0 spiro atoms. The molecule has 2 heterocycles. The van der Waals surface area contributed by atoms with E-state index >= 15 is 0 Å². The Morgan fingerprint density at radius 2 is 1.93 bits per heavy atom. The highest BCUT2D eigenvalue weighted by molar-refractivity contribution is 7.98. The minimum Gasteiger partial charge on any atom is -0.454 e. The van der Waals surface area contributed by atoms with Gasteiger partial charge in [0.05, 0.1) is 0 Å². The second kappa shape index (κ2) is 7.89. The highest BCUT2D eigenvalue weighted by Gasteiger charge is 2.16. The average molecular weight is 400 g/mol. The zero-order valence-corrected chi connectivity index (χ0v) is 15.8. The Morgan fingerprint density at radius 1 is 1.14 bits per heavy atom. The molecule has 0 amide bonds. The summed E-state index contributed by atoms with van der Waals surface area (Å²) in [4.78, 5) is 12.8. The van der Waals surface area contributed by atoms with Crippen LogP contribution in [0.4, 0.5) is 15.9 Å². The Hall–Kier alpha value is -3.07.